The van der Waals surface area contributed by atoms with E-state index in [-0.39, 0.29) is 29.5 Å². The van der Waals surface area contributed by atoms with Crippen molar-refractivity contribution < 1.29 is 14.0 Å². The van der Waals surface area contributed by atoms with Crippen LogP contribution in [0.3, 0.4) is 0 Å². The van der Waals surface area contributed by atoms with Gasteiger partial charge in [0.25, 0.3) is 5.56 Å². The second kappa shape index (κ2) is 7.22. The lowest BCUT2D eigenvalue weighted by molar-refractivity contribution is -0.127. The summed E-state index contributed by atoms with van der Waals surface area (Å²) in [4.78, 5) is 42.3. The maximum absolute atomic E-state index is 12.6. The number of carbonyl (C=O) groups is 2. The molecule has 140 valence electrons. The second-order valence-electron chi connectivity index (χ2n) is 6.64. The lowest BCUT2D eigenvalue weighted by atomic mass is 10.2. The van der Waals surface area contributed by atoms with Crippen molar-refractivity contribution in [3.8, 4) is 0 Å². The molecular formula is C19H20N4O4. The average Bonchev–Trinajstić information content (AvgIpc) is 3.25. The maximum Gasteiger partial charge on any atom is 0.297 e. The Bertz CT molecular complexity index is 1070. The Hall–Kier alpha value is -3.16. The van der Waals surface area contributed by atoms with Crippen molar-refractivity contribution in [1.82, 2.24) is 19.8 Å². The molecule has 8 heteroatoms. The third-order valence-corrected chi connectivity index (χ3v) is 4.76. The summed E-state index contributed by atoms with van der Waals surface area (Å²) in [6, 6.07) is 7.30. The van der Waals surface area contributed by atoms with E-state index in [1.165, 1.54) is 10.9 Å². The van der Waals surface area contributed by atoms with Gasteiger partial charge >= 0.3 is 0 Å². The molecule has 0 saturated carbocycles. The number of fused-ring (bicyclic) bond motifs is 3. The van der Waals surface area contributed by atoms with Crippen LogP contribution < -0.4 is 10.9 Å². The van der Waals surface area contributed by atoms with E-state index in [4.69, 9.17) is 4.42 Å². The molecule has 0 atom stereocenters. The molecule has 3 heterocycles. The maximum atomic E-state index is 12.6. The number of likely N-dealkylation sites (tertiary alicyclic amines) is 1. The third-order valence-electron chi connectivity index (χ3n) is 4.76. The predicted molar refractivity (Wildman–Crippen MR) is 99.2 cm³/mol. The first-order chi connectivity index (χ1) is 13.1. The molecule has 0 unspecified atom stereocenters. The molecule has 2 amide bonds. The van der Waals surface area contributed by atoms with E-state index >= 15 is 0 Å². The molecule has 1 aliphatic heterocycles. The summed E-state index contributed by atoms with van der Waals surface area (Å²) < 4.78 is 6.85. The van der Waals surface area contributed by atoms with Crippen LogP contribution in [0.1, 0.15) is 19.3 Å². The van der Waals surface area contributed by atoms with Gasteiger partial charge in [-0.15, -0.1) is 0 Å². The van der Waals surface area contributed by atoms with Gasteiger partial charge in [0, 0.05) is 31.4 Å². The van der Waals surface area contributed by atoms with Gasteiger partial charge in [-0.1, -0.05) is 12.1 Å². The van der Waals surface area contributed by atoms with Gasteiger partial charge in [0.05, 0.1) is 6.33 Å². The Balaban J connectivity index is 1.38. The zero-order chi connectivity index (χ0) is 18.8. The van der Waals surface area contributed by atoms with Crippen molar-refractivity contribution in [2.24, 2.45) is 0 Å². The van der Waals surface area contributed by atoms with Gasteiger partial charge in [-0.05, 0) is 25.0 Å². The van der Waals surface area contributed by atoms with E-state index in [2.05, 4.69) is 10.3 Å². The zero-order valence-electron chi connectivity index (χ0n) is 14.8. The molecule has 27 heavy (non-hydrogen) atoms. The Kier molecular flexibility index (Phi) is 4.62. The van der Waals surface area contributed by atoms with Crippen molar-refractivity contribution in [2.75, 3.05) is 19.6 Å². The first-order valence-corrected chi connectivity index (χ1v) is 9.04. The predicted octanol–water partition coefficient (Wildman–Crippen LogP) is 1.27. The number of nitrogens with one attached hydrogen (secondary N) is 1. The minimum atomic E-state index is -0.381. The molecule has 0 spiro atoms. The van der Waals surface area contributed by atoms with Crippen LogP contribution in [0.15, 0.2) is 39.8 Å². The van der Waals surface area contributed by atoms with Gasteiger partial charge in [-0.3, -0.25) is 19.0 Å². The Morgan fingerprint density at radius 3 is 2.93 bits per heavy atom. The highest BCUT2D eigenvalue weighted by Crippen LogP contribution is 2.23. The number of rotatable bonds is 6. The Labute approximate surface area is 154 Å². The van der Waals surface area contributed by atoms with Crippen molar-refractivity contribution in [3.05, 3.63) is 40.9 Å². The van der Waals surface area contributed by atoms with E-state index in [1.807, 2.05) is 23.1 Å². The summed E-state index contributed by atoms with van der Waals surface area (Å²) in [5.41, 5.74) is 0.867. The highest BCUT2D eigenvalue weighted by molar-refractivity contribution is 6.01. The lowest BCUT2D eigenvalue weighted by Gasteiger charge is -2.15. The fraction of sp³-hybridized carbons (Fsp3) is 0.368. The molecule has 0 aliphatic carbocycles. The van der Waals surface area contributed by atoms with E-state index < -0.39 is 0 Å². The monoisotopic (exact) mass is 368 g/mol. The van der Waals surface area contributed by atoms with Crippen LogP contribution in [0.5, 0.6) is 0 Å². The van der Waals surface area contributed by atoms with Crippen molar-refractivity contribution in [1.29, 1.82) is 0 Å². The van der Waals surface area contributed by atoms with Crippen molar-refractivity contribution in [2.45, 2.75) is 25.8 Å². The molecule has 0 radical (unpaired) electrons. The largest absolute Gasteiger partial charge is 0.448 e. The molecule has 2 aromatic heterocycles. The summed E-state index contributed by atoms with van der Waals surface area (Å²) in [7, 11) is 0. The van der Waals surface area contributed by atoms with Crippen LogP contribution >= 0.6 is 0 Å². The quantitative estimate of drug-likeness (QED) is 0.661. The van der Waals surface area contributed by atoms with Gasteiger partial charge in [0.2, 0.25) is 17.4 Å². The molecule has 3 aromatic rings. The molecule has 4 rings (SSSR count). The number of benzene rings is 1. The number of furan rings is 1. The fourth-order valence-corrected chi connectivity index (χ4v) is 3.38. The first kappa shape index (κ1) is 17.3. The summed E-state index contributed by atoms with van der Waals surface area (Å²) in [5.74, 6) is -0.0970. The minimum Gasteiger partial charge on any atom is -0.448 e. The van der Waals surface area contributed by atoms with Crippen molar-refractivity contribution >= 4 is 33.9 Å². The van der Waals surface area contributed by atoms with Gasteiger partial charge in [0.15, 0.2) is 0 Å². The normalized spacial score (nSPS) is 14.4. The smallest absolute Gasteiger partial charge is 0.297 e. The standard InChI is InChI=1S/C19H20N4O4/c24-15(20-8-4-10-22-9-3-7-16(22)25)11-23-12-21-17-13-5-1-2-6-14(13)27-18(17)19(23)26/h1-2,5-6,12H,3-4,7-11H2,(H,20,24). The number of nitrogens with zero attached hydrogens (tertiary/aromatic N) is 3. The molecule has 1 N–H and O–H groups in total. The van der Waals surface area contributed by atoms with Gasteiger partial charge < -0.3 is 14.6 Å². The number of carbonyl (C=O) groups excluding carboxylic acids is 2. The Morgan fingerprint density at radius 1 is 1.26 bits per heavy atom. The Morgan fingerprint density at radius 2 is 2.11 bits per heavy atom. The summed E-state index contributed by atoms with van der Waals surface area (Å²) in [6.07, 6.45) is 3.58. The first-order valence-electron chi connectivity index (χ1n) is 9.04. The molecule has 1 aromatic carbocycles. The molecular weight excluding hydrogens is 348 g/mol. The number of hydrogen-bond donors (Lipinski definition) is 1. The number of para-hydroxylation sites is 1. The second-order valence-corrected chi connectivity index (χ2v) is 6.64. The van der Waals surface area contributed by atoms with Crippen LogP contribution in [-0.4, -0.2) is 45.9 Å². The number of aromatic nitrogens is 2. The van der Waals surface area contributed by atoms with E-state index in [1.54, 1.807) is 6.07 Å². The van der Waals surface area contributed by atoms with Gasteiger partial charge in [-0.25, -0.2) is 4.98 Å². The van der Waals surface area contributed by atoms with E-state index in [0.29, 0.717) is 37.0 Å². The highest BCUT2D eigenvalue weighted by atomic mass is 16.3. The molecule has 1 aliphatic rings. The molecule has 1 fully saturated rings. The van der Waals surface area contributed by atoms with Crippen LogP contribution in [0.2, 0.25) is 0 Å². The highest BCUT2D eigenvalue weighted by Gasteiger charge is 2.19. The molecule has 8 nitrogen and oxygen atoms in total. The average molecular weight is 368 g/mol. The van der Waals surface area contributed by atoms with Gasteiger partial charge in [0.1, 0.15) is 17.6 Å². The lowest BCUT2D eigenvalue weighted by Crippen LogP contribution is -2.34. The molecule has 0 bridgehead atoms. The van der Waals surface area contributed by atoms with Crippen LogP contribution in [0.25, 0.3) is 22.1 Å². The van der Waals surface area contributed by atoms with Crippen molar-refractivity contribution in [3.63, 3.8) is 0 Å². The molecule has 1 saturated heterocycles. The number of hydrogen-bond acceptors (Lipinski definition) is 5. The summed E-state index contributed by atoms with van der Waals surface area (Å²) in [5, 5.41) is 3.55. The van der Waals surface area contributed by atoms with Gasteiger partial charge in [-0.2, -0.15) is 0 Å². The van der Waals surface area contributed by atoms with Crippen LogP contribution in [0.4, 0.5) is 0 Å². The SMILES string of the molecule is O=C(Cn1cnc2c(oc3ccccc32)c1=O)NCCCN1CCCC1=O. The topological polar surface area (TPSA) is 97.4 Å². The van der Waals surface area contributed by atoms with Crippen LogP contribution in [0, 0.1) is 0 Å². The van der Waals surface area contributed by atoms with E-state index in [0.717, 1.165) is 18.4 Å². The third kappa shape index (κ3) is 3.42. The summed E-state index contributed by atoms with van der Waals surface area (Å²) in [6.45, 7) is 1.77. The number of amides is 2. The zero-order valence-corrected chi connectivity index (χ0v) is 14.8. The van der Waals surface area contributed by atoms with E-state index in [9.17, 15) is 14.4 Å². The minimum absolute atomic E-state index is 0.124. The fourth-order valence-electron chi connectivity index (χ4n) is 3.38. The summed E-state index contributed by atoms with van der Waals surface area (Å²) >= 11 is 0. The van der Waals surface area contributed by atoms with Crippen LogP contribution in [-0.2, 0) is 16.1 Å².